The number of carbonyl (C=O) groups is 2. The average Bonchev–Trinajstić information content (AvgIpc) is 2.96. The quantitative estimate of drug-likeness (QED) is 0.805. The van der Waals surface area contributed by atoms with E-state index in [4.69, 9.17) is 10.5 Å². The molecule has 120 valence electrons. The molecule has 0 radical (unpaired) electrons. The maximum absolute atomic E-state index is 12.6. The largest absolute Gasteiger partial charge is 0.378 e. The first-order valence-electron chi connectivity index (χ1n) is 7.92. The highest BCUT2D eigenvalue weighted by Gasteiger charge is 2.37. The summed E-state index contributed by atoms with van der Waals surface area (Å²) >= 11 is 0. The zero-order valence-corrected chi connectivity index (χ0v) is 13.1. The highest BCUT2D eigenvalue weighted by molar-refractivity contribution is 5.88. The second kappa shape index (κ2) is 7.22. The summed E-state index contributed by atoms with van der Waals surface area (Å²) in [6.07, 6.45) is 1.98. The molecule has 2 heterocycles. The maximum atomic E-state index is 12.6. The van der Waals surface area contributed by atoms with Crippen LogP contribution in [0.25, 0.3) is 0 Å². The first-order chi connectivity index (χ1) is 10.0. The van der Waals surface area contributed by atoms with Crippen LogP contribution in [0.5, 0.6) is 0 Å². The zero-order chi connectivity index (χ0) is 15.4. The molecule has 2 unspecified atom stereocenters. The van der Waals surface area contributed by atoms with Crippen molar-refractivity contribution in [2.45, 2.75) is 45.2 Å². The lowest BCUT2D eigenvalue weighted by atomic mass is 10.0. The number of hydrogen-bond donors (Lipinski definition) is 1. The van der Waals surface area contributed by atoms with E-state index >= 15 is 0 Å². The van der Waals surface area contributed by atoms with E-state index in [1.165, 1.54) is 0 Å². The number of carbonyl (C=O) groups excluding carboxylic acids is 2. The van der Waals surface area contributed by atoms with Gasteiger partial charge in [-0.1, -0.05) is 13.8 Å². The van der Waals surface area contributed by atoms with Crippen LogP contribution in [-0.2, 0) is 14.3 Å². The van der Waals surface area contributed by atoms with E-state index in [-0.39, 0.29) is 29.8 Å². The highest BCUT2D eigenvalue weighted by Crippen LogP contribution is 2.21. The molecule has 0 saturated carbocycles. The van der Waals surface area contributed by atoms with Gasteiger partial charge in [0.2, 0.25) is 11.8 Å². The Balaban J connectivity index is 1.95. The Hall–Kier alpha value is -1.14. The van der Waals surface area contributed by atoms with Gasteiger partial charge in [-0.25, -0.2) is 0 Å². The molecule has 2 N–H and O–H groups in total. The van der Waals surface area contributed by atoms with Crippen molar-refractivity contribution < 1.29 is 14.3 Å². The van der Waals surface area contributed by atoms with Crippen molar-refractivity contribution in [1.29, 1.82) is 0 Å². The van der Waals surface area contributed by atoms with E-state index in [1.807, 2.05) is 18.7 Å². The first kappa shape index (κ1) is 16.2. The summed E-state index contributed by atoms with van der Waals surface area (Å²) in [6.45, 7) is 7.13. The summed E-state index contributed by atoms with van der Waals surface area (Å²) < 4.78 is 5.27. The molecular formula is C15H27N3O3. The van der Waals surface area contributed by atoms with Crippen molar-refractivity contribution in [3.63, 3.8) is 0 Å². The Kier molecular flexibility index (Phi) is 5.58. The van der Waals surface area contributed by atoms with Crippen molar-refractivity contribution >= 4 is 11.8 Å². The number of nitrogens with two attached hydrogens (primary N) is 1. The minimum Gasteiger partial charge on any atom is -0.378 e. The normalized spacial score (nSPS) is 24.5. The summed E-state index contributed by atoms with van der Waals surface area (Å²) in [6, 6.07) is -0.438. The first-order valence-corrected chi connectivity index (χ1v) is 7.92. The smallest absolute Gasteiger partial charge is 0.245 e. The third kappa shape index (κ3) is 3.95. The van der Waals surface area contributed by atoms with Crippen LogP contribution < -0.4 is 5.73 Å². The molecular weight excluding hydrogens is 270 g/mol. The van der Waals surface area contributed by atoms with Gasteiger partial charge >= 0.3 is 0 Å². The molecule has 2 aliphatic heterocycles. The van der Waals surface area contributed by atoms with E-state index < -0.39 is 0 Å². The molecule has 0 aromatic rings. The third-order valence-electron chi connectivity index (χ3n) is 4.45. The van der Waals surface area contributed by atoms with Gasteiger partial charge in [0, 0.05) is 32.1 Å². The van der Waals surface area contributed by atoms with E-state index in [2.05, 4.69) is 0 Å². The van der Waals surface area contributed by atoms with Crippen molar-refractivity contribution in [2.75, 3.05) is 32.8 Å². The molecule has 0 aliphatic carbocycles. The van der Waals surface area contributed by atoms with Crippen LogP contribution in [0.15, 0.2) is 0 Å². The third-order valence-corrected chi connectivity index (χ3v) is 4.45. The van der Waals surface area contributed by atoms with E-state index in [9.17, 15) is 9.59 Å². The molecule has 21 heavy (non-hydrogen) atoms. The summed E-state index contributed by atoms with van der Waals surface area (Å²) in [5, 5.41) is 0. The lowest BCUT2D eigenvalue weighted by Gasteiger charge is -2.33. The molecule has 0 spiro atoms. The van der Waals surface area contributed by atoms with Crippen molar-refractivity contribution in [2.24, 2.45) is 11.7 Å². The Morgan fingerprint density at radius 1 is 1.24 bits per heavy atom. The van der Waals surface area contributed by atoms with Crippen molar-refractivity contribution in [3.8, 4) is 0 Å². The molecule has 0 aromatic carbocycles. The standard InChI is InChI=1S/C15H27N3O3/c1-11(2)12(16)10-14(19)18-5-3-4-13(18)15(20)17-6-8-21-9-7-17/h11-13H,3-10,16H2,1-2H3. The number of amides is 2. The predicted molar refractivity (Wildman–Crippen MR) is 79.6 cm³/mol. The number of ether oxygens (including phenoxy) is 1. The Bertz CT molecular complexity index is 380. The van der Waals surface area contributed by atoms with Crippen LogP contribution in [-0.4, -0.2) is 66.5 Å². The monoisotopic (exact) mass is 297 g/mol. The van der Waals surface area contributed by atoms with Crippen LogP contribution in [0.1, 0.15) is 33.1 Å². The topological polar surface area (TPSA) is 75.9 Å². The molecule has 2 aliphatic rings. The number of nitrogens with zero attached hydrogens (tertiary/aromatic N) is 2. The van der Waals surface area contributed by atoms with Gasteiger partial charge in [-0.3, -0.25) is 9.59 Å². The van der Waals surface area contributed by atoms with E-state index in [1.54, 1.807) is 4.90 Å². The van der Waals surface area contributed by atoms with Gasteiger partial charge in [0.15, 0.2) is 0 Å². The van der Waals surface area contributed by atoms with Crippen LogP contribution in [0.2, 0.25) is 0 Å². The Morgan fingerprint density at radius 3 is 2.52 bits per heavy atom. The fourth-order valence-electron chi connectivity index (χ4n) is 2.87. The molecule has 2 amide bonds. The maximum Gasteiger partial charge on any atom is 0.245 e. The van der Waals surface area contributed by atoms with Crippen molar-refractivity contribution in [3.05, 3.63) is 0 Å². The summed E-state index contributed by atoms with van der Waals surface area (Å²) in [5.41, 5.74) is 5.99. The number of hydrogen-bond acceptors (Lipinski definition) is 4. The van der Waals surface area contributed by atoms with E-state index in [0.29, 0.717) is 39.3 Å². The minimum absolute atomic E-state index is 0.0142. The average molecular weight is 297 g/mol. The summed E-state index contributed by atoms with van der Waals surface area (Å²) in [5.74, 6) is 0.354. The van der Waals surface area contributed by atoms with Gasteiger partial charge in [-0.05, 0) is 18.8 Å². The van der Waals surface area contributed by atoms with Crippen LogP contribution >= 0.6 is 0 Å². The lowest BCUT2D eigenvalue weighted by molar-refractivity contribution is -0.146. The Labute approximate surface area is 126 Å². The summed E-state index contributed by atoms with van der Waals surface area (Å²) in [4.78, 5) is 28.5. The SMILES string of the molecule is CC(C)C(N)CC(=O)N1CCCC1C(=O)N1CCOCC1. The fraction of sp³-hybridized carbons (Fsp3) is 0.867. The number of rotatable bonds is 4. The number of likely N-dealkylation sites (tertiary alicyclic amines) is 1. The predicted octanol–water partition coefficient (Wildman–Crippen LogP) is 0.210. The van der Waals surface area contributed by atoms with Gasteiger partial charge in [-0.2, -0.15) is 0 Å². The molecule has 2 saturated heterocycles. The molecule has 2 atom stereocenters. The Morgan fingerprint density at radius 2 is 1.90 bits per heavy atom. The zero-order valence-electron chi connectivity index (χ0n) is 13.1. The second-order valence-electron chi connectivity index (χ2n) is 6.29. The number of morpholine rings is 1. The van der Waals surface area contributed by atoms with E-state index in [0.717, 1.165) is 12.8 Å². The highest BCUT2D eigenvalue weighted by atomic mass is 16.5. The van der Waals surface area contributed by atoms with Crippen LogP contribution in [0.4, 0.5) is 0 Å². The molecule has 6 nitrogen and oxygen atoms in total. The molecule has 0 aromatic heterocycles. The molecule has 6 heteroatoms. The molecule has 2 rings (SSSR count). The summed E-state index contributed by atoms with van der Waals surface area (Å²) in [7, 11) is 0. The van der Waals surface area contributed by atoms with Gasteiger partial charge in [0.05, 0.1) is 13.2 Å². The lowest BCUT2D eigenvalue weighted by Crippen LogP contribution is -2.51. The molecule has 0 bridgehead atoms. The second-order valence-corrected chi connectivity index (χ2v) is 6.29. The van der Waals surface area contributed by atoms with Gasteiger partial charge in [0.1, 0.15) is 6.04 Å². The van der Waals surface area contributed by atoms with Crippen LogP contribution in [0, 0.1) is 5.92 Å². The van der Waals surface area contributed by atoms with Crippen LogP contribution in [0.3, 0.4) is 0 Å². The molecule has 2 fully saturated rings. The minimum atomic E-state index is -0.296. The van der Waals surface area contributed by atoms with Gasteiger partial charge in [0.25, 0.3) is 0 Å². The van der Waals surface area contributed by atoms with Gasteiger partial charge < -0.3 is 20.3 Å². The van der Waals surface area contributed by atoms with Crippen molar-refractivity contribution in [1.82, 2.24) is 9.80 Å². The fourth-order valence-corrected chi connectivity index (χ4v) is 2.87. The van der Waals surface area contributed by atoms with Gasteiger partial charge in [-0.15, -0.1) is 0 Å².